The lowest BCUT2D eigenvalue weighted by Crippen LogP contribution is -2.31. The van der Waals surface area contributed by atoms with Crippen molar-refractivity contribution in [2.75, 3.05) is 12.4 Å². The van der Waals surface area contributed by atoms with Gasteiger partial charge in [0.05, 0.1) is 0 Å². The Hall–Kier alpha value is -2.21. The van der Waals surface area contributed by atoms with Crippen molar-refractivity contribution >= 4 is 17.4 Å². The minimum Gasteiger partial charge on any atom is -0.486 e. The number of hydrogen-bond donors (Lipinski definition) is 0. The number of aromatic nitrogens is 3. The van der Waals surface area contributed by atoms with Crippen LogP contribution in [0.25, 0.3) is 5.65 Å². The summed E-state index contributed by atoms with van der Waals surface area (Å²) in [5.74, 6) is 2.39. The molecule has 5 nitrogen and oxygen atoms in total. The first kappa shape index (κ1) is 12.5. The number of thioether (sulfide) groups is 1. The molecule has 1 unspecified atom stereocenters. The van der Waals surface area contributed by atoms with Gasteiger partial charge >= 0.3 is 0 Å². The van der Waals surface area contributed by atoms with Crippen LogP contribution < -0.4 is 9.47 Å². The van der Waals surface area contributed by atoms with E-state index in [2.05, 4.69) is 10.2 Å². The molecule has 1 atom stereocenters. The fourth-order valence-electron chi connectivity index (χ4n) is 2.23. The van der Waals surface area contributed by atoms with E-state index in [-0.39, 0.29) is 6.10 Å². The summed E-state index contributed by atoms with van der Waals surface area (Å²) in [5, 5.41) is 9.21. The van der Waals surface area contributed by atoms with Crippen molar-refractivity contribution in [1.82, 2.24) is 14.6 Å². The molecule has 6 heteroatoms. The van der Waals surface area contributed by atoms with Crippen molar-refractivity contribution in [2.24, 2.45) is 0 Å². The average Bonchev–Trinajstić information content (AvgIpc) is 2.96. The maximum atomic E-state index is 5.94. The Morgan fingerprint density at radius 3 is 2.90 bits per heavy atom. The summed E-state index contributed by atoms with van der Waals surface area (Å²) in [7, 11) is 0. The Labute approximate surface area is 125 Å². The molecule has 0 saturated carbocycles. The van der Waals surface area contributed by atoms with Crippen LogP contribution in [0.3, 0.4) is 0 Å². The summed E-state index contributed by atoms with van der Waals surface area (Å²) in [4.78, 5) is 0. The van der Waals surface area contributed by atoms with Crippen molar-refractivity contribution < 1.29 is 9.47 Å². The Kier molecular flexibility index (Phi) is 3.16. The van der Waals surface area contributed by atoms with E-state index in [0.29, 0.717) is 6.61 Å². The maximum Gasteiger partial charge on any atom is 0.195 e. The number of para-hydroxylation sites is 2. The SMILES string of the molecule is c1ccc2c(c1)OCC(CSc1nnc3ccccn13)O2. The quantitative estimate of drug-likeness (QED) is 0.696. The van der Waals surface area contributed by atoms with Gasteiger partial charge in [-0.15, -0.1) is 10.2 Å². The second-order valence-electron chi connectivity index (χ2n) is 4.72. The lowest BCUT2D eigenvalue weighted by Gasteiger charge is -2.25. The molecule has 0 radical (unpaired) electrons. The first-order chi connectivity index (χ1) is 10.4. The third-order valence-corrected chi connectivity index (χ3v) is 4.32. The average molecular weight is 299 g/mol. The molecule has 0 N–H and O–H groups in total. The molecular weight excluding hydrogens is 286 g/mol. The summed E-state index contributed by atoms with van der Waals surface area (Å²) in [6.07, 6.45) is 1.98. The van der Waals surface area contributed by atoms with Gasteiger partial charge in [-0.25, -0.2) is 0 Å². The first-order valence-electron chi connectivity index (χ1n) is 6.71. The predicted octanol–water partition coefficient (Wildman–Crippen LogP) is 2.66. The molecule has 3 heterocycles. The second-order valence-corrected chi connectivity index (χ2v) is 5.71. The van der Waals surface area contributed by atoms with Crippen LogP contribution in [-0.4, -0.2) is 33.1 Å². The fourth-order valence-corrected chi connectivity index (χ4v) is 3.12. The van der Waals surface area contributed by atoms with Gasteiger partial charge in [0, 0.05) is 11.9 Å². The van der Waals surface area contributed by atoms with Crippen LogP contribution >= 0.6 is 11.8 Å². The van der Waals surface area contributed by atoms with Crippen molar-refractivity contribution in [3.05, 3.63) is 48.7 Å². The first-order valence-corrected chi connectivity index (χ1v) is 7.70. The number of ether oxygens (including phenoxy) is 2. The highest BCUT2D eigenvalue weighted by molar-refractivity contribution is 7.99. The van der Waals surface area contributed by atoms with Gasteiger partial charge in [-0.3, -0.25) is 4.40 Å². The van der Waals surface area contributed by atoms with E-state index in [4.69, 9.17) is 9.47 Å². The normalized spacial score (nSPS) is 17.0. The number of fused-ring (bicyclic) bond motifs is 2. The van der Waals surface area contributed by atoms with Gasteiger partial charge < -0.3 is 9.47 Å². The molecule has 1 aliphatic heterocycles. The van der Waals surface area contributed by atoms with Gasteiger partial charge in [-0.05, 0) is 24.3 Å². The Morgan fingerprint density at radius 2 is 1.95 bits per heavy atom. The number of nitrogens with zero attached hydrogens (tertiary/aromatic N) is 3. The zero-order valence-corrected chi connectivity index (χ0v) is 12.0. The van der Waals surface area contributed by atoms with E-state index in [9.17, 15) is 0 Å². The van der Waals surface area contributed by atoms with Gasteiger partial charge in [0.15, 0.2) is 22.3 Å². The van der Waals surface area contributed by atoms with Gasteiger partial charge in [0.25, 0.3) is 0 Å². The minimum absolute atomic E-state index is 0.0148. The minimum atomic E-state index is 0.0148. The Balaban J connectivity index is 1.46. The van der Waals surface area contributed by atoms with Crippen LogP contribution in [0.2, 0.25) is 0 Å². The van der Waals surface area contributed by atoms with E-state index in [1.54, 1.807) is 11.8 Å². The van der Waals surface area contributed by atoms with E-state index in [1.165, 1.54) is 0 Å². The van der Waals surface area contributed by atoms with Crippen LogP contribution in [0.1, 0.15) is 0 Å². The van der Waals surface area contributed by atoms with Gasteiger partial charge in [-0.2, -0.15) is 0 Å². The van der Waals surface area contributed by atoms with Crippen molar-refractivity contribution in [2.45, 2.75) is 11.3 Å². The van der Waals surface area contributed by atoms with Crippen LogP contribution in [0.4, 0.5) is 0 Å². The highest BCUT2D eigenvalue weighted by Gasteiger charge is 2.21. The zero-order valence-electron chi connectivity index (χ0n) is 11.2. The molecular formula is C15H13N3O2S. The molecule has 0 fully saturated rings. The molecule has 21 heavy (non-hydrogen) atoms. The third-order valence-electron chi connectivity index (χ3n) is 3.25. The molecule has 1 aromatic carbocycles. The maximum absolute atomic E-state index is 5.94. The van der Waals surface area contributed by atoms with Gasteiger partial charge in [0.2, 0.25) is 0 Å². The molecule has 0 amide bonds. The highest BCUT2D eigenvalue weighted by Crippen LogP contribution is 2.32. The van der Waals surface area contributed by atoms with Crippen molar-refractivity contribution in [3.63, 3.8) is 0 Å². The molecule has 0 aliphatic carbocycles. The standard InChI is InChI=1S/C15H13N3O2S/c1-2-6-13-12(5-1)19-9-11(20-13)10-21-15-17-16-14-7-3-4-8-18(14)15/h1-8,11H,9-10H2. The second kappa shape index (κ2) is 5.29. The number of hydrogen-bond acceptors (Lipinski definition) is 5. The molecule has 0 spiro atoms. The number of rotatable bonds is 3. The molecule has 106 valence electrons. The largest absolute Gasteiger partial charge is 0.486 e. The van der Waals surface area contributed by atoms with Crippen molar-refractivity contribution in [1.29, 1.82) is 0 Å². The van der Waals surface area contributed by atoms with E-state index < -0.39 is 0 Å². The van der Waals surface area contributed by atoms with E-state index >= 15 is 0 Å². The summed E-state index contributed by atoms with van der Waals surface area (Å²) in [6.45, 7) is 0.556. The lowest BCUT2D eigenvalue weighted by atomic mass is 10.3. The summed E-state index contributed by atoms with van der Waals surface area (Å²) in [5.41, 5.74) is 0.853. The summed E-state index contributed by atoms with van der Waals surface area (Å²) in [6, 6.07) is 13.6. The summed E-state index contributed by atoms with van der Waals surface area (Å²) < 4.78 is 13.6. The van der Waals surface area contributed by atoms with Crippen LogP contribution in [0.5, 0.6) is 11.5 Å². The Bertz CT molecular complexity index is 774. The molecule has 0 saturated heterocycles. The summed E-state index contributed by atoms with van der Waals surface area (Å²) >= 11 is 1.62. The highest BCUT2D eigenvalue weighted by atomic mass is 32.2. The zero-order chi connectivity index (χ0) is 14.1. The van der Waals surface area contributed by atoms with Crippen LogP contribution in [-0.2, 0) is 0 Å². The molecule has 2 aromatic heterocycles. The van der Waals surface area contributed by atoms with E-state index in [1.807, 2.05) is 53.1 Å². The molecule has 3 aromatic rings. The van der Waals surface area contributed by atoms with Crippen molar-refractivity contribution in [3.8, 4) is 11.5 Å². The number of pyridine rings is 1. The Morgan fingerprint density at radius 1 is 1.10 bits per heavy atom. The monoisotopic (exact) mass is 299 g/mol. The fraction of sp³-hybridized carbons (Fsp3) is 0.200. The topological polar surface area (TPSA) is 48.7 Å². The van der Waals surface area contributed by atoms with Gasteiger partial charge in [0.1, 0.15) is 12.7 Å². The predicted molar refractivity (Wildman–Crippen MR) is 80.1 cm³/mol. The molecule has 1 aliphatic rings. The molecule has 4 rings (SSSR count). The van der Waals surface area contributed by atoms with Gasteiger partial charge in [-0.1, -0.05) is 30.0 Å². The number of benzene rings is 1. The van der Waals surface area contributed by atoms with Crippen LogP contribution in [0.15, 0.2) is 53.8 Å². The third kappa shape index (κ3) is 2.42. The van der Waals surface area contributed by atoms with Crippen LogP contribution in [0, 0.1) is 0 Å². The van der Waals surface area contributed by atoms with E-state index in [0.717, 1.165) is 28.1 Å². The molecule has 0 bridgehead atoms. The lowest BCUT2D eigenvalue weighted by molar-refractivity contribution is 0.107. The smallest absolute Gasteiger partial charge is 0.195 e.